The van der Waals surface area contributed by atoms with Crippen LogP contribution in [-0.4, -0.2) is 53.8 Å². The van der Waals surface area contributed by atoms with Crippen LogP contribution in [-0.2, 0) is 9.53 Å². The Morgan fingerprint density at radius 3 is 2.50 bits per heavy atom. The molecule has 4 bridgehead atoms. The van der Waals surface area contributed by atoms with Gasteiger partial charge in [-0.25, -0.2) is 4.98 Å². The summed E-state index contributed by atoms with van der Waals surface area (Å²) >= 11 is 0. The first kappa shape index (κ1) is 21.7. The number of esters is 1. The second kappa shape index (κ2) is 8.32. The maximum atomic E-state index is 13.1. The van der Waals surface area contributed by atoms with E-state index in [4.69, 9.17) is 4.74 Å². The minimum absolute atomic E-state index is 0.0914. The van der Waals surface area contributed by atoms with Crippen LogP contribution in [0.5, 0.6) is 0 Å². The molecule has 0 radical (unpaired) electrons. The monoisotopic (exact) mass is 441 g/mol. The Bertz CT molecular complexity index is 866. The van der Waals surface area contributed by atoms with Gasteiger partial charge < -0.3 is 20.1 Å². The zero-order valence-electron chi connectivity index (χ0n) is 19.1. The third-order valence-corrected chi connectivity index (χ3v) is 8.65. The number of carbonyl (C=O) groups is 2. The summed E-state index contributed by atoms with van der Waals surface area (Å²) in [6, 6.07) is 5.80. The molecule has 4 saturated carbocycles. The fraction of sp³-hybridized carbons (Fsp3) is 0.720. The van der Waals surface area contributed by atoms with Crippen LogP contribution in [0.1, 0.15) is 62.4 Å². The highest BCUT2D eigenvalue weighted by Crippen LogP contribution is 2.55. The molecule has 32 heavy (non-hydrogen) atoms. The third-order valence-electron chi connectivity index (χ3n) is 8.65. The number of piperidine rings is 1. The fourth-order valence-corrected chi connectivity index (χ4v) is 7.18. The molecule has 2 heterocycles. The number of aliphatic hydroxyl groups is 1. The molecule has 1 amide bonds. The van der Waals surface area contributed by atoms with Crippen LogP contribution in [0.4, 0.5) is 5.82 Å². The smallest absolute Gasteiger partial charge is 0.308 e. The van der Waals surface area contributed by atoms with Gasteiger partial charge in [-0.1, -0.05) is 13.0 Å². The van der Waals surface area contributed by atoms with Gasteiger partial charge in [0.2, 0.25) is 0 Å². The number of pyridine rings is 1. The number of aromatic nitrogens is 1. The molecule has 7 heteroatoms. The van der Waals surface area contributed by atoms with Crippen molar-refractivity contribution >= 4 is 17.7 Å². The normalized spacial score (nSPS) is 34.9. The quantitative estimate of drug-likeness (QED) is 0.683. The van der Waals surface area contributed by atoms with Gasteiger partial charge in [-0.05, 0) is 80.8 Å². The summed E-state index contributed by atoms with van der Waals surface area (Å²) in [6.45, 7) is 3.58. The number of hydrogen-bond donors (Lipinski definition) is 2. The van der Waals surface area contributed by atoms with E-state index in [1.807, 2.05) is 19.1 Å². The van der Waals surface area contributed by atoms with Crippen molar-refractivity contribution in [2.75, 3.05) is 25.1 Å². The number of methoxy groups -OCH3 is 1. The van der Waals surface area contributed by atoms with Crippen LogP contribution in [0.3, 0.4) is 0 Å². The third kappa shape index (κ3) is 4.00. The molecule has 7 nitrogen and oxygen atoms in total. The lowest BCUT2D eigenvalue weighted by molar-refractivity contribution is -0.147. The van der Waals surface area contributed by atoms with Crippen molar-refractivity contribution in [3.63, 3.8) is 0 Å². The average molecular weight is 442 g/mol. The van der Waals surface area contributed by atoms with Crippen LogP contribution in [0.2, 0.25) is 0 Å². The number of nitrogens with zero attached hydrogens (tertiary/aromatic N) is 2. The van der Waals surface area contributed by atoms with E-state index in [9.17, 15) is 14.7 Å². The van der Waals surface area contributed by atoms with Gasteiger partial charge in [0, 0.05) is 19.1 Å². The van der Waals surface area contributed by atoms with Gasteiger partial charge in [0.25, 0.3) is 5.91 Å². The standard InChI is InChI=1S/C25H35N3O4/c1-15(24(30)32-2)17-6-8-28(9-7-17)21-5-3-4-20(26-21)23(29)27-22-18-10-16-11-19(22)14-25(31,12-16)13-18/h3-5,15-19,22,31H,6-14H2,1-2H3,(H,27,29). The predicted octanol–water partition coefficient (Wildman–Crippen LogP) is 2.78. The van der Waals surface area contributed by atoms with Crippen molar-refractivity contribution in [3.05, 3.63) is 23.9 Å². The first-order valence-electron chi connectivity index (χ1n) is 12.2. The minimum atomic E-state index is -0.493. The van der Waals surface area contributed by atoms with Crippen molar-refractivity contribution in [1.29, 1.82) is 0 Å². The van der Waals surface area contributed by atoms with E-state index in [-0.39, 0.29) is 23.8 Å². The fourth-order valence-electron chi connectivity index (χ4n) is 7.18. The molecule has 3 unspecified atom stereocenters. The molecule has 6 rings (SSSR count). The van der Waals surface area contributed by atoms with E-state index in [1.165, 1.54) is 7.11 Å². The molecule has 1 aromatic rings. The predicted molar refractivity (Wildman–Crippen MR) is 120 cm³/mol. The van der Waals surface area contributed by atoms with E-state index in [2.05, 4.69) is 15.2 Å². The zero-order chi connectivity index (χ0) is 22.5. The summed E-state index contributed by atoms with van der Waals surface area (Å²) in [5, 5.41) is 14.1. The molecule has 1 aromatic heterocycles. The molecule has 3 atom stereocenters. The highest BCUT2D eigenvalue weighted by atomic mass is 16.5. The summed E-state index contributed by atoms with van der Waals surface area (Å²) in [7, 11) is 1.44. The summed E-state index contributed by atoms with van der Waals surface area (Å²) in [5.41, 5.74) is -0.0343. The van der Waals surface area contributed by atoms with Gasteiger partial charge in [-0.2, -0.15) is 0 Å². The molecule has 4 aliphatic carbocycles. The first-order chi connectivity index (χ1) is 15.3. The van der Waals surface area contributed by atoms with Crippen LogP contribution < -0.4 is 10.2 Å². The number of hydrogen-bond acceptors (Lipinski definition) is 6. The Kier molecular flexibility index (Phi) is 5.64. The highest BCUT2D eigenvalue weighted by Gasteiger charge is 2.55. The maximum absolute atomic E-state index is 13.1. The van der Waals surface area contributed by atoms with Gasteiger partial charge in [0.1, 0.15) is 11.5 Å². The van der Waals surface area contributed by atoms with Gasteiger partial charge in [0.05, 0.1) is 18.6 Å². The van der Waals surface area contributed by atoms with E-state index >= 15 is 0 Å². The lowest BCUT2D eigenvalue weighted by Gasteiger charge is -2.58. The number of nitrogens with one attached hydrogen (secondary N) is 1. The van der Waals surface area contributed by atoms with E-state index < -0.39 is 5.60 Å². The second-order valence-electron chi connectivity index (χ2n) is 10.7. The number of ether oxygens (including phenoxy) is 1. The highest BCUT2D eigenvalue weighted by molar-refractivity contribution is 5.93. The Balaban J connectivity index is 1.21. The summed E-state index contributed by atoms with van der Waals surface area (Å²) in [6.07, 6.45) is 6.63. The molecule has 0 spiro atoms. The largest absolute Gasteiger partial charge is 0.469 e. The zero-order valence-corrected chi connectivity index (χ0v) is 19.1. The second-order valence-corrected chi connectivity index (χ2v) is 10.7. The van der Waals surface area contributed by atoms with E-state index in [0.29, 0.717) is 29.4 Å². The number of rotatable bonds is 5. The summed E-state index contributed by atoms with van der Waals surface area (Å²) in [4.78, 5) is 31.8. The average Bonchev–Trinajstić information content (AvgIpc) is 2.79. The van der Waals surface area contributed by atoms with Crippen molar-refractivity contribution in [2.45, 2.75) is 63.5 Å². The topological polar surface area (TPSA) is 91.8 Å². The lowest BCUT2D eigenvalue weighted by Crippen LogP contribution is -2.61. The van der Waals surface area contributed by atoms with Crippen LogP contribution in [0.25, 0.3) is 0 Å². The molecule has 174 valence electrons. The Morgan fingerprint density at radius 2 is 1.88 bits per heavy atom. The van der Waals surface area contributed by atoms with E-state index in [1.54, 1.807) is 6.07 Å². The van der Waals surface area contributed by atoms with Crippen LogP contribution >= 0.6 is 0 Å². The van der Waals surface area contributed by atoms with Gasteiger partial charge >= 0.3 is 5.97 Å². The summed E-state index contributed by atoms with van der Waals surface area (Å²) < 4.78 is 4.90. The van der Waals surface area contributed by atoms with Crippen molar-refractivity contribution in [3.8, 4) is 0 Å². The molecule has 0 aromatic carbocycles. The van der Waals surface area contributed by atoms with Crippen molar-refractivity contribution < 1.29 is 19.4 Å². The molecular weight excluding hydrogens is 406 g/mol. The molecule has 5 fully saturated rings. The molecule has 1 saturated heterocycles. The molecule has 1 aliphatic heterocycles. The molecular formula is C25H35N3O4. The van der Waals surface area contributed by atoms with Crippen molar-refractivity contribution in [2.24, 2.45) is 29.6 Å². The lowest BCUT2D eigenvalue weighted by atomic mass is 9.52. The van der Waals surface area contributed by atoms with E-state index in [0.717, 1.165) is 63.9 Å². The van der Waals surface area contributed by atoms with Gasteiger partial charge in [-0.15, -0.1) is 0 Å². The Morgan fingerprint density at radius 1 is 1.19 bits per heavy atom. The van der Waals surface area contributed by atoms with Crippen LogP contribution in [0.15, 0.2) is 18.2 Å². The van der Waals surface area contributed by atoms with Gasteiger partial charge in [0.15, 0.2) is 0 Å². The van der Waals surface area contributed by atoms with Crippen molar-refractivity contribution in [1.82, 2.24) is 10.3 Å². The number of carbonyl (C=O) groups excluding carboxylic acids is 2. The molecule has 5 aliphatic rings. The maximum Gasteiger partial charge on any atom is 0.308 e. The number of amides is 1. The van der Waals surface area contributed by atoms with Gasteiger partial charge in [-0.3, -0.25) is 9.59 Å². The SMILES string of the molecule is COC(=O)C(C)C1CCN(c2cccc(C(=O)NC3C4CC5CC3CC(O)(C5)C4)n2)CC1. The number of anilines is 1. The molecule has 2 N–H and O–H groups in total. The van der Waals surface area contributed by atoms with Crippen LogP contribution in [0, 0.1) is 29.6 Å². The first-order valence-corrected chi connectivity index (χ1v) is 12.2. The minimum Gasteiger partial charge on any atom is -0.469 e. The summed E-state index contributed by atoms with van der Waals surface area (Å²) in [5.74, 6) is 2.19. The Labute approximate surface area is 189 Å². The Hall–Kier alpha value is -2.15.